The highest BCUT2D eigenvalue weighted by Gasteiger charge is 2.43. The molecule has 3 heterocycles. The van der Waals surface area contributed by atoms with Crippen LogP contribution in [0.15, 0.2) is 21.0 Å². The van der Waals surface area contributed by atoms with E-state index in [1.165, 1.54) is 12.1 Å². The lowest BCUT2D eigenvalue weighted by Crippen LogP contribution is -2.63. The van der Waals surface area contributed by atoms with Gasteiger partial charge in [0, 0.05) is 13.1 Å². The quantitative estimate of drug-likeness (QED) is 0.589. The minimum Gasteiger partial charge on any atom is -0.444 e. The van der Waals surface area contributed by atoms with Gasteiger partial charge in [0.1, 0.15) is 11.1 Å². The number of hydrogen-bond acceptors (Lipinski definition) is 6. The molecule has 4 rings (SSSR count). The summed E-state index contributed by atoms with van der Waals surface area (Å²) in [7, 11) is 0. The molecular weight excluding hydrogens is 495 g/mol. The van der Waals surface area contributed by atoms with Crippen molar-refractivity contribution in [3.63, 3.8) is 0 Å². The Hall–Kier alpha value is -2.01. The Morgan fingerprint density at radius 2 is 1.88 bits per heavy atom. The summed E-state index contributed by atoms with van der Waals surface area (Å²) >= 11 is 3.23. The molecule has 2 bridgehead atoms. The molecule has 3 atom stereocenters. The molecule has 2 aliphatic heterocycles. The highest BCUT2D eigenvalue weighted by molar-refractivity contribution is 9.10. The van der Waals surface area contributed by atoms with Crippen LogP contribution in [-0.4, -0.2) is 58.0 Å². The van der Waals surface area contributed by atoms with Crippen molar-refractivity contribution in [2.24, 2.45) is 0 Å². The molecule has 1 aromatic carbocycles. The van der Waals surface area contributed by atoms with Crippen molar-refractivity contribution in [3.05, 3.63) is 22.2 Å². The molecule has 1 aromatic heterocycles. The van der Waals surface area contributed by atoms with Crippen molar-refractivity contribution in [2.45, 2.75) is 70.0 Å². The zero-order valence-corrected chi connectivity index (χ0v) is 19.5. The fourth-order valence-corrected chi connectivity index (χ4v) is 4.91. The second-order valence-electron chi connectivity index (χ2n) is 9.32. The fraction of sp³-hybridized carbons (Fsp3) is 0.619. The average Bonchev–Trinajstić information content (AvgIpc) is 3.09. The Labute approximate surface area is 191 Å². The van der Waals surface area contributed by atoms with E-state index in [-0.39, 0.29) is 39.7 Å². The van der Waals surface area contributed by atoms with E-state index in [4.69, 9.17) is 9.15 Å². The van der Waals surface area contributed by atoms with Crippen LogP contribution in [0.3, 0.4) is 0 Å². The topological polar surface area (TPSA) is 79.0 Å². The lowest BCUT2D eigenvalue weighted by atomic mass is 9.92. The van der Waals surface area contributed by atoms with Crippen LogP contribution in [0, 0.1) is 0 Å². The molecule has 2 saturated heterocycles. The monoisotopic (exact) mass is 519 g/mol. The Balaban J connectivity index is 1.59. The number of amides is 1. The van der Waals surface area contributed by atoms with Gasteiger partial charge in [-0.3, -0.25) is 4.90 Å². The number of aromatic nitrogens is 1. The van der Waals surface area contributed by atoms with E-state index in [0.717, 1.165) is 19.3 Å². The molecule has 7 nitrogen and oxygen atoms in total. The molecule has 3 unspecified atom stereocenters. The summed E-state index contributed by atoms with van der Waals surface area (Å²) in [6.07, 6.45) is -5.09. The van der Waals surface area contributed by atoms with Crippen molar-refractivity contribution in [2.75, 3.05) is 18.0 Å². The third kappa shape index (κ3) is 4.54. The number of oxazole rings is 1. The number of rotatable bonds is 2. The van der Waals surface area contributed by atoms with Crippen LogP contribution in [0.25, 0.3) is 11.1 Å². The number of ether oxygens (including phenoxy) is 1. The summed E-state index contributed by atoms with van der Waals surface area (Å²) in [5.41, 5.74) is -0.387. The molecular formula is C21H25BrF3N3O4. The number of hydrogen-bond donors (Lipinski definition) is 1. The van der Waals surface area contributed by atoms with Crippen molar-refractivity contribution in [1.82, 2.24) is 9.88 Å². The normalized spacial score (nSPS) is 22.9. The van der Waals surface area contributed by atoms with Gasteiger partial charge in [-0.25, -0.2) is 4.79 Å². The summed E-state index contributed by atoms with van der Waals surface area (Å²) in [6.45, 7) is 6.46. The molecule has 0 saturated carbocycles. The third-order valence-corrected chi connectivity index (χ3v) is 6.27. The van der Waals surface area contributed by atoms with Gasteiger partial charge in [-0.15, -0.1) is 0 Å². The van der Waals surface area contributed by atoms with Crippen molar-refractivity contribution >= 4 is 39.1 Å². The molecule has 176 valence electrons. The maximum atomic E-state index is 12.9. The minimum absolute atomic E-state index is 0.0709. The van der Waals surface area contributed by atoms with E-state index in [1.807, 2.05) is 30.6 Å². The second-order valence-corrected chi connectivity index (χ2v) is 10.2. The van der Waals surface area contributed by atoms with E-state index in [2.05, 4.69) is 20.9 Å². The SMILES string of the molecule is CC(C)(C)OC(=O)N1C2CCCC1CN(c1nc3cc(C(O)C(F)(F)F)cc(Br)c3o1)C2. The van der Waals surface area contributed by atoms with Crippen LogP contribution in [-0.2, 0) is 4.74 Å². The smallest absolute Gasteiger partial charge is 0.418 e. The minimum atomic E-state index is -4.78. The highest BCUT2D eigenvalue weighted by atomic mass is 79.9. The third-order valence-electron chi connectivity index (χ3n) is 5.68. The number of alkyl halides is 3. The number of aliphatic hydroxyl groups is 1. The van der Waals surface area contributed by atoms with Crippen LogP contribution >= 0.6 is 15.9 Å². The first-order chi connectivity index (χ1) is 14.8. The van der Waals surface area contributed by atoms with Gasteiger partial charge in [0.25, 0.3) is 6.01 Å². The van der Waals surface area contributed by atoms with Crippen molar-refractivity contribution < 1.29 is 32.2 Å². The van der Waals surface area contributed by atoms with Gasteiger partial charge >= 0.3 is 12.3 Å². The summed E-state index contributed by atoms with van der Waals surface area (Å²) in [5.74, 6) is 0. The van der Waals surface area contributed by atoms with E-state index in [9.17, 15) is 23.1 Å². The van der Waals surface area contributed by atoms with Crippen LogP contribution in [0.1, 0.15) is 51.7 Å². The molecule has 2 aromatic rings. The highest BCUT2D eigenvalue weighted by Crippen LogP contribution is 2.38. The van der Waals surface area contributed by atoms with E-state index < -0.39 is 17.9 Å². The molecule has 0 radical (unpaired) electrons. The number of anilines is 1. The number of piperazine rings is 1. The Kier molecular flexibility index (Phi) is 5.85. The van der Waals surface area contributed by atoms with Gasteiger partial charge in [0.15, 0.2) is 11.7 Å². The molecule has 2 aliphatic rings. The van der Waals surface area contributed by atoms with Crippen LogP contribution in [0.4, 0.5) is 24.0 Å². The lowest BCUT2D eigenvalue weighted by Gasteiger charge is -2.49. The number of aliphatic hydroxyl groups excluding tert-OH is 1. The summed E-state index contributed by atoms with van der Waals surface area (Å²) in [4.78, 5) is 20.9. The van der Waals surface area contributed by atoms with Gasteiger partial charge in [-0.05, 0) is 73.7 Å². The van der Waals surface area contributed by atoms with E-state index in [0.29, 0.717) is 18.7 Å². The fourth-order valence-electron chi connectivity index (χ4n) is 4.36. The summed E-state index contributed by atoms with van der Waals surface area (Å²) < 4.78 is 50.6. The maximum absolute atomic E-state index is 12.9. The van der Waals surface area contributed by atoms with Gasteiger partial charge in [-0.2, -0.15) is 18.2 Å². The predicted molar refractivity (Wildman–Crippen MR) is 114 cm³/mol. The summed E-state index contributed by atoms with van der Waals surface area (Å²) in [5, 5.41) is 9.60. The molecule has 1 N–H and O–H groups in total. The van der Waals surface area contributed by atoms with Gasteiger partial charge in [-0.1, -0.05) is 0 Å². The molecule has 0 spiro atoms. The van der Waals surface area contributed by atoms with Crippen LogP contribution in [0.2, 0.25) is 0 Å². The standard InChI is InChI=1S/C21H25BrF3N3O4/c1-20(2,3)32-19(30)28-12-5-4-6-13(28)10-27(9-12)18-26-15-8-11(17(29)21(23,24)25)7-14(22)16(15)31-18/h7-8,12-13,17,29H,4-6,9-10H2,1-3H3. The molecule has 0 aliphatic carbocycles. The number of carbonyl (C=O) groups excluding carboxylic acids is 1. The number of carbonyl (C=O) groups is 1. The zero-order valence-electron chi connectivity index (χ0n) is 17.9. The number of nitrogens with zero attached hydrogens (tertiary/aromatic N) is 3. The van der Waals surface area contributed by atoms with Gasteiger partial charge in [0.05, 0.1) is 16.6 Å². The Morgan fingerprint density at radius 1 is 1.25 bits per heavy atom. The van der Waals surface area contributed by atoms with E-state index in [1.54, 1.807) is 0 Å². The summed E-state index contributed by atoms with van der Waals surface area (Å²) in [6, 6.07) is 2.50. The largest absolute Gasteiger partial charge is 0.444 e. The lowest BCUT2D eigenvalue weighted by molar-refractivity contribution is -0.206. The second kappa shape index (κ2) is 8.09. The van der Waals surface area contributed by atoms with Crippen molar-refractivity contribution in [1.29, 1.82) is 0 Å². The maximum Gasteiger partial charge on any atom is 0.418 e. The number of benzene rings is 1. The number of piperidine rings is 1. The van der Waals surface area contributed by atoms with Gasteiger partial charge in [0.2, 0.25) is 0 Å². The van der Waals surface area contributed by atoms with E-state index >= 15 is 0 Å². The molecule has 11 heteroatoms. The van der Waals surface area contributed by atoms with Gasteiger partial charge < -0.3 is 19.2 Å². The predicted octanol–water partition coefficient (Wildman–Crippen LogP) is 5.16. The average molecular weight is 520 g/mol. The van der Waals surface area contributed by atoms with Crippen LogP contribution < -0.4 is 4.90 Å². The first kappa shape index (κ1) is 23.2. The van der Waals surface area contributed by atoms with Crippen molar-refractivity contribution in [3.8, 4) is 0 Å². The molecule has 1 amide bonds. The Bertz CT molecular complexity index is 1010. The first-order valence-corrected chi connectivity index (χ1v) is 11.2. The molecule has 2 fully saturated rings. The number of halogens is 4. The van der Waals surface area contributed by atoms with Crippen LogP contribution in [0.5, 0.6) is 0 Å². The number of fused-ring (bicyclic) bond motifs is 3. The zero-order chi connectivity index (χ0) is 23.4. The molecule has 32 heavy (non-hydrogen) atoms. The first-order valence-electron chi connectivity index (χ1n) is 10.4. The Morgan fingerprint density at radius 3 is 2.44 bits per heavy atom.